The van der Waals surface area contributed by atoms with E-state index in [2.05, 4.69) is 5.32 Å². The molecule has 18 heavy (non-hydrogen) atoms. The van der Waals surface area contributed by atoms with E-state index in [9.17, 15) is 4.79 Å². The van der Waals surface area contributed by atoms with E-state index in [1.165, 1.54) is 0 Å². The number of aliphatic hydroxyl groups is 1. The maximum atomic E-state index is 11.7. The fourth-order valence-corrected chi connectivity index (χ4v) is 2.09. The van der Waals surface area contributed by atoms with Crippen LogP contribution in [-0.2, 0) is 11.2 Å². The molecule has 0 radical (unpaired) electrons. The largest absolute Gasteiger partial charge is 0.497 e. The van der Waals surface area contributed by atoms with Gasteiger partial charge in [-0.2, -0.15) is 0 Å². The van der Waals surface area contributed by atoms with Crippen LogP contribution in [0, 0.1) is 0 Å². The monoisotopic (exact) mass is 249 g/mol. The number of aliphatic hydroxyl groups excluding tert-OH is 1. The van der Waals surface area contributed by atoms with E-state index >= 15 is 0 Å². The van der Waals surface area contributed by atoms with E-state index in [1.54, 1.807) is 7.11 Å². The highest BCUT2D eigenvalue weighted by Gasteiger charge is 2.27. The lowest BCUT2D eigenvalue weighted by Gasteiger charge is -2.31. The van der Waals surface area contributed by atoms with Crippen molar-refractivity contribution in [3.63, 3.8) is 0 Å². The molecule has 2 rings (SSSR count). The first-order valence-corrected chi connectivity index (χ1v) is 6.27. The molecule has 2 N–H and O–H groups in total. The summed E-state index contributed by atoms with van der Waals surface area (Å²) in [6.45, 7) is 0. The molecule has 1 saturated carbocycles. The average molecular weight is 249 g/mol. The molecule has 0 aromatic heterocycles. The minimum atomic E-state index is -0.228. The van der Waals surface area contributed by atoms with Crippen LogP contribution < -0.4 is 10.1 Å². The van der Waals surface area contributed by atoms with Gasteiger partial charge in [-0.25, -0.2) is 0 Å². The molecule has 4 heteroatoms. The van der Waals surface area contributed by atoms with Crippen LogP contribution in [0.25, 0.3) is 0 Å². The molecule has 1 amide bonds. The number of carbonyl (C=O) groups is 1. The SMILES string of the molecule is COc1cccc(CCC(=O)NC2CC(O)C2)c1. The van der Waals surface area contributed by atoms with Gasteiger partial charge in [0.15, 0.2) is 0 Å². The summed E-state index contributed by atoms with van der Waals surface area (Å²) in [5.41, 5.74) is 1.10. The molecule has 0 bridgehead atoms. The second-order valence-corrected chi connectivity index (χ2v) is 4.74. The molecular formula is C14H19NO3. The Labute approximate surface area is 107 Å². The van der Waals surface area contributed by atoms with Gasteiger partial charge < -0.3 is 15.2 Å². The van der Waals surface area contributed by atoms with E-state index < -0.39 is 0 Å². The van der Waals surface area contributed by atoms with Gasteiger partial charge in [-0.3, -0.25) is 4.79 Å². The second-order valence-electron chi connectivity index (χ2n) is 4.74. The number of hydrogen-bond acceptors (Lipinski definition) is 3. The Bertz CT molecular complexity index is 413. The van der Waals surface area contributed by atoms with Gasteiger partial charge in [-0.1, -0.05) is 12.1 Å². The molecular weight excluding hydrogens is 230 g/mol. The Hall–Kier alpha value is -1.55. The van der Waals surface area contributed by atoms with E-state index in [1.807, 2.05) is 24.3 Å². The van der Waals surface area contributed by atoms with E-state index in [0.29, 0.717) is 25.7 Å². The summed E-state index contributed by atoms with van der Waals surface area (Å²) in [5.74, 6) is 0.866. The highest BCUT2D eigenvalue weighted by atomic mass is 16.5. The maximum Gasteiger partial charge on any atom is 0.220 e. The third-order valence-electron chi connectivity index (χ3n) is 3.25. The molecule has 0 spiro atoms. The summed E-state index contributed by atoms with van der Waals surface area (Å²) in [4.78, 5) is 11.7. The van der Waals surface area contributed by atoms with Crippen molar-refractivity contribution in [3.8, 4) is 5.75 Å². The smallest absolute Gasteiger partial charge is 0.220 e. The minimum Gasteiger partial charge on any atom is -0.497 e. The summed E-state index contributed by atoms with van der Waals surface area (Å²) in [5, 5.41) is 12.0. The third kappa shape index (κ3) is 3.47. The Morgan fingerprint density at radius 3 is 2.94 bits per heavy atom. The molecule has 1 aromatic carbocycles. The van der Waals surface area contributed by atoms with Crippen LogP contribution in [-0.4, -0.2) is 30.3 Å². The number of hydrogen-bond donors (Lipinski definition) is 2. The van der Waals surface area contributed by atoms with Crippen molar-refractivity contribution >= 4 is 5.91 Å². The molecule has 0 unspecified atom stereocenters. The minimum absolute atomic E-state index is 0.0507. The number of rotatable bonds is 5. The van der Waals surface area contributed by atoms with Gasteiger partial charge in [-0.15, -0.1) is 0 Å². The molecule has 0 saturated heterocycles. The topological polar surface area (TPSA) is 58.6 Å². The van der Waals surface area contributed by atoms with Gasteiger partial charge in [-0.05, 0) is 37.0 Å². The highest BCUT2D eigenvalue weighted by molar-refractivity contribution is 5.76. The van der Waals surface area contributed by atoms with Gasteiger partial charge in [0.2, 0.25) is 5.91 Å². The summed E-state index contributed by atoms with van der Waals surface area (Å²) in [6.07, 6.45) is 2.32. The lowest BCUT2D eigenvalue weighted by molar-refractivity contribution is -0.123. The Morgan fingerprint density at radius 1 is 1.50 bits per heavy atom. The maximum absolute atomic E-state index is 11.7. The average Bonchev–Trinajstić information content (AvgIpc) is 2.35. The first-order valence-electron chi connectivity index (χ1n) is 6.27. The third-order valence-corrected chi connectivity index (χ3v) is 3.25. The fourth-order valence-electron chi connectivity index (χ4n) is 2.09. The number of aryl methyl sites for hydroxylation is 1. The summed E-state index contributed by atoms with van der Waals surface area (Å²) in [7, 11) is 1.63. The standard InChI is InChI=1S/C14H19NO3/c1-18-13-4-2-3-10(7-13)5-6-14(17)15-11-8-12(16)9-11/h2-4,7,11-12,16H,5-6,8-9H2,1H3,(H,15,17). The summed E-state index contributed by atoms with van der Waals surface area (Å²) < 4.78 is 5.14. The van der Waals surface area contributed by atoms with E-state index in [0.717, 1.165) is 11.3 Å². The number of ether oxygens (including phenoxy) is 1. The van der Waals surface area contributed by atoms with Gasteiger partial charge in [0.25, 0.3) is 0 Å². The molecule has 0 heterocycles. The van der Waals surface area contributed by atoms with Crippen LogP contribution in [0.3, 0.4) is 0 Å². The zero-order valence-electron chi connectivity index (χ0n) is 10.6. The van der Waals surface area contributed by atoms with Gasteiger partial charge >= 0.3 is 0 Å². The predicted molar refractivity (Wildman–Crippen MR) is 68.5 cm³/mol. The molecule has 0 atom stereocenters. The summed E-state index contributed by atoms with van der Waals surface area (Å²) in [6, 6.07) is 7.91. The number of methoxy groups -OCH3 is 1. The Balaban J connectivity index is 1.74. The van der Waals surface area contributed by atoms with Crippen LogP contribution in [0.1, 0.15) is 24.8 Å². The molecule has 0 aliphatic heterocycles. The fraction of sp³-hybridized carbons (Fsp3) is 0.500. The second kappa shape index (κ2) is 5.87. The lowest BCUT2D eigenvalue weighted by atomic mass is 9.89. The van der Waals surface area contributed by atoms with Crippen LogP contribution in [0.5, 0.6) is 5.75 Å². The lowest BCUT2D eigenvalue weighted by Crippen LogP contribution is -2.46. The molecule has 1 aliphatic rings. The normalized spacial score (nSPS) is 22.1. The highest BCUT2D eigenvalue weighted by Crippen LogP contribution is 2.19. The van der Waals surface area contributed by atoms with Crippen molar-refractivity contribution in [3.05, 3.63) is 29.8 Å². The van der Waals surface area contributed by atoms with Crippen LogP contribution in [0.15, 0.2) is 24.3 Å². The molecule has 1 aliphatic carbocycles. The van der Waals surface area contributed by atoms with E-state index in [4.69, 9.17) is 9.84 Å². The number of amides is 1. The molecule has 1 aromatic rings. The van der Waals surface area contributed by atoms with Crippen molar-refractivity contribution in [2.24, 2.45) is 0 Å². The molecule has 4 nitrogen and oxygen atoms in total. The van der Waals surface area contributed by atoms with Crippen LogP contribution >= 0.6 is 0 Å². The van der Waals surface area contributed by atoms with Crippen molar-refractivity contribution in [1.82, 2.24) is 5.32 Å². The quantitative estimate of drug-likeness (QED) is 0.826. The first-order chi connectivity index (χ1) is 8.67. The van der Waals surface area contributed by atoms with E-state index in [-0.39, 0.29) is 18.1 Å². The molecule has 1 fully saturated rings. The van der Waals surface area contributed by atoms with Crippen molar-refractivity contribution in [2.75, 3.05) is 7.11 Å². The van der Waals surface area contributed by atoms with Crippen LogP contribution in [0.4, 0.5) is 0 Å². The number of benzene rings is 1. The number of carbonyl (C=O) groups excluding carboxylic acids is 1. The van der Waals surface area contributed by atoms with Gasteiger partial charge in [0.05, 0.1) is 13.2 Å². The zero-order valence-corrected chi connectivity index (χ0v) is 10.6. The zero-order chi connectivity index (χ0) is 13.0. The van der Waals surface area contributed by atoms with Gasteiger partial charge in [0.1, 0.15) is 5.75 Å². The molecule has 98 valence electrons. The predicted octanol–water partition coefficient (Wildman–Crippen LogP) is 1.27. The van der Waals surface area contributed by atoms with Crippen molar-refractivity contribution in [1.29, 1.82) is 0 Å². The van der Waals surface area contributed by atoms with Gasteiger partial charge in [0, 0.05) is 12.5 Å². The van der Waals surface area contributed by atoms with Crippen LogP contribution in [0.2, 0.25) is 0 Å². The van der Waals surface area contributed by atoms with Crippen molar-refractivity contribution in [2.45, 2.75) is 37.8 Å². The Morgan fingerprint density at radius 2 is 2.28 bits per heavy atom. The van der Waals surface area contributed by atoms with Crippen molar-refractivity contribution < 1.29 is 14.6 Å². The Kier molecular flexibility index (Phi) is 4.20. The first kappa shape index (κ1) is 12.9. The number of nitrogens with one attached hydrogen (secondary N) is 1. The summed E-state index contributed by atoms with van der Waals surface area (Å²) >= 11 is 0.